The van der Waals surface area contributed by atoms with Crippen LogP contribution in [0.25, 0.3) is 6.08 Å². The van der Waals surface area contributed by atoms with Crippen LogP contribution >= 0.6 is 27.7 Å². The van der Waals surface area contributed by atoms with Crippen LogP contribution in [0.5, 0.6) is 11.5 Å². The van der Waals surface area contributed by atoms with Crippen molar-refractivity contribution in [2.24, 2.45) is 0 Å². The number of nitrogens with one attached hydrogen (secondary N) is 1. The molecule has 2 aromatic carbocycles. The summed E-state index contributed by atoms with van der Waals surface area (Å²) in [5, 5.41) is 22.9. The lowest BCUT2D eigenvalue weighted by Gasteiger charge is -2.12. The second-order valence-corrected chi connectivity index (χ2v) is 8.08. The molecule has 0 aromatic heterocycles. The van der Waals surface area contributed by atoms with Crippen molar-refractivity contribution in [3.8, 4) is 11.5 Å². The van der Waals surface area contributed by atoms with Crippen molar-refractivity contribution in [2.75, 3.05) is 19.0 Å². The lowest BCUT2D eigenvalue weighted by molar-refractivity contribution is -0.386. The number of nitro benzene ring substituents is 1. The Balaban J connectivity index is 1.79. The normalized spacial score (nSPS) is 14.8. The highest BCUT2D eigenvalue weighted by molar-refractivity contribution is 9.10. The SMILES string of the molecule is COc1cc(/C=C2/SC(=O)N(CC(=O)Nc3ccc(Br)cc3)C2=O)cc([N+](=O)[O-])c1O. The average molecular weight is 508 g/mol. The second-order valence-electron chi connectivity index (χ2n) is 6.17. The lowest BCUT2D eigenvalue weighted by Crippen LogP contribution is -2.36. The number of hydrogen-bond acceptors (Lipinski definition) is 8. The molecule has 1 fully saturated rings. The highest BCUT2D eigenvalue weighted by atomic mass is 79.9. The number of halogens is 1. The Morgan fingerprint density at radius 2 is 2.00 bits per heavy atom. The van der Waals surface area contributed by atoms with Gasteiger partial charge in [-0.25, -0.2) is 0 Å². The van der Waals surface area contributed by atoms with E-state index in [4.69, 9.17) is 4.74 Å². The number of anilines is 1. The van der Waals surface area contributed by atoms with E-state index in [2.05, 4.69) is 21.2 Å². The van der Waals surface area contributed by atoms with Gasteiger partial charge in [-0.3, -0.25) is 29.4 Å². The minimum absolute atomic E-state index is 0.0246. The van der Waals surface area contributed by atoms with E-state index < -0.39 is 40.0 Å². The van der Waals surface area contributed by atoms with Gasteiger partial charge >= 0.3 is 5.69 Å². The molecule has 1 heterocycles. The molecule has 160 valence electrons. The molecule has 1 aliphatic heterocycles. The largest absolute Gasteiger partial charge is 0.500 e. The van der Waals surface area contributed by atoms with Crippen LogP contribution in [0.4, 0.5) is 16.2 Å². The fraction of sp³-hybridized carbons (Fsp3) is 0.105. The van der Waals surface area contributed by atoms with Crippen molar-refractivity contribution in [1.82, 2.24) is 4.90 Å². The molecule has 3 rings (SSSR count). The number of rotatable bonds is 6. The average Bonchev–Trinajstić information content (AvgIpc) is 2.98. The third kappa shape index (κ3) is 5.03. The highest BCUT2D eigenvalue weighted by Crippen LogP contribution is 2.39. The molecule has 1 aliphatic rings. The van der Waals surface area contributed by atoms with Crippen LogP contribution in [0.3, 0.4) is 0 Å². The van der Waals surface area contributed by atoms with Gasteiger partial charge in [-0.1, -0.05) is 15.9 Å². The number of amides is 3. The molecule has 0 unspecified atom stereocenters. The van der Waals surface area contributed by atoms with Crippen LogP contribution in [0, 0.1) is 10.1 Å². The molecule has 0 bridgehead atoms. The predicted octanol–water partition coefficient (Wildman–Crippen LogP) is 3.75. The van der Waals surface area contributed by atoms with E-state index in [1.54, 1.807) is 24.3 Å². The van der Waals surface area contributed by atoms with Crippen LogP contribution in [-0.2, 0) is 9.59 Å². The molecule has 0 atom stereocenters. The van der Waals surface area contributed by atoms with Gasteiger partial charge in [0.1, 0.15) is 6.54 Å². The number of methoxy groups -OCH3 is 1. The number of thioether (sulfide) groups is 1. The van der Waals surface area contributed by atoms with E-state index in [9.17, 15) is 29.6 Å². The van der Waals surface area contributed by atoms with E-state index in [1.165, 1.54) is 19.3 Å². The number of hydrogen-bond donors (Lipinski definition) is 2. The van der Waals surface area contributed by atoms with Crippen LogP contribution < -0.4 is 10.1 Å². The fourth-order valence-corrected chi connectivity index (χ4v) is 3.76. The zero-order chi connectivity index (χ0) is 22.7. The number of nitrogens with zero attached hydrogens (tertiary/aromatic N) is 2. The topological polar surface area (TPSA) is 139 Å². The monoisotopic (exact) mass is 507 g/mol. The molecule has 0 saturated carbocycles. The van der Waals surface area contributed by atoms with Gasteiger partial charge in [-0.05, 0) is 53.7 Å². The number of benzene rings is 2. The first-order chi connectivity index (χ1) is 14.7. The number of carbonyl (C=O) groups excluding carboxylic acids is 3. The molecule has 0 aliphatic carbocycles. The van der Waals surface area contributed by atoms with Crippen molar-refractivity contribution in [3.05, 3.63) is 61.5 Å². The number of ether oxygens (including phenoxy) is 1. The highest BCUT2D eigenvalue weighted by Gasteiger charge is 2.36. The van der Waals surface area contributed by atoms with Gasteiger partial charge in [0.25, 0.3) is 11.1 Å². The predicted molar refractivity (Wildman–Crippen MR) is 117 cm³/mol. The maximum atomic E-state index is 12.6. The molecule has 0 radical (unpaired) electrons. The Labute approximate surface area is 188 Å². The molecule has 2 N–H and O–H groups in total. The molecule has 12 heteroatoms. The summed E-state index contributed by atoms with van der Waals surface area (Å²) in [5.74, 6) is -2.08. The third-order valence-electron chi connectivity index (χ3n) is 4.09. The summed E-state index contributed by atoms with van der Waals surface area (Å²) in [4.78, 5) is 48.2. The number of phenolic OH excluding ortho intramolecular Hbond substituents is 1. The molecule has 2 aromatic rings. The fourth-order valence-electron chi connectivity index (χ4n) is 2.66. The Hall–Kier alpha value is -3.38. The van der Waals surface area contributed by atoms with E-state index >= 15 is 0 Å². The summed E-state index contributed by atoms with van der Waals surface area (Å²) in [6.07, 6.45) is 1.26. The molecular formula is C19H14BrN3O7S. The van der Waals surface area contributed by atoms with Crippen LogP contribution in [0.15, 0.2) is 45.8 Å². The van der Waals surface area contributed by atoms with E-state index in [0.717, 1.165) is 15.4 Å². The zero-order valence-corrected chi connectivity index (χ0v) is 18.2. The number of carbonyl (C=O) groups is 3. The van der Waals surface area contributed by atoms with Gasteiger partial charge in [0.2, 0.25) is 11.7 Å². The van der Waals surface area contributed by atoms with Crippen molar-refractivity contribution in [3.63, 3.8) is 0 Å². The summed E-state index contributed by atoms with van der Waals surface area (Å²) in [6, 6.07) is 9.09. The van der Waals surface area contributed by atoms with Crippen molar-refractivity contribution >= 4 is 62.2 Å². The number of aromatic hydroxyl groups is 1. The summed E-state index contributed by atoms with van der Waals surface area (Å²) in [6.45, 7) is -0.489. The van der Waals surface area contributed by atoms with Crippen molar-refractivity contribution < 1.29 is 29.2 Å². The van der Waals surface area contributed by atoms with Crippen molar-refractivity contribution in [2.45, 2.75) is 0 Å². The van der Waals surface area contributed by atoms with Crippen LogP contribution in [0.1, 0.15) is 5.56 Å². The van der Waals surface area contributed by atoms with Gasteiger partial charge in [0.15, 0.2) is 5.75 Å². The molecular weight excluding hydrogens is 494 g/mol. The number of nitro groups is 1. The standard InChI is InChI=1S/C19H14BrN3O7S/c1-30-14-7-10(6-13(17(14)25)23(28)29)8-15-18(26)22(19(27)31-15)9-16(24)21-12-4-2-11(20)3-5-12/h2-8,25H,9H2,1H3,(H,21,24)/b15-8+. The summed E-state index contributed by atoms with van der Waals surface area (Å²) >= 11 is 3.88. The van der Waals surface area contributed by atoms with Crippen LogP contribution in [-0.4, -0.2) is 45.6 Å². The molecule has 3 amide bonds. The first-order valence-electron chi connectivity index (χ1n) is 8.55. The van der Waals surface area contributed by atoms with Gasteiger partial charge in [-0.2, -0.15) is 0 Å². The first kappa shape index (κ1) is 22.3. The third-order valence-corrected chi connectivity index (χ3v) is 5.53. The minimum Gasteiger partial charge on any atom is -0.500 e. The van der Waals surface area contributed by atoms with Gasteiger partial charge in [-0.15, -0.1) is 0 Å². The molecule has 0 spiro atoms. The maximum Gasteiger partial charge on any atom is 0.315 e. The molecule has 31 heavy (non-hydrogen) atoms. The Morgan fingerprint density at radius 1 is 1.32 bits per heavy atom. The first-order valence-corrected chi connectivity index (χ1v) is 10.2. The minimum atomic E-state index is -0.798. The quantitative estimate of drug-likeness (QED) is 0.342. The summed E-state index contributed by atoms with van der Waals surface area (Å²) in [5.41, 5.74) is 0.0593. The van der Waals surface area contributed by atoms with Gasteiger partial charge < -0.3 is 15.2 Å². The summed E-state index contributed by atoms with van der Waals surface area (Å²) in [7, 11) is 1.22. The molecule has 1 saturated heterocycles. The number of phenols is 1. The van der Waals surface area contributed by atoms with E-state index in [1.807, 2.05) is 0 Å². The smallest absolute Gasteiger partial charge is 0.315 e. The Bertz CT molecular complexity index is 1120. The van der Waals surface area contributed by atoms with Gasteiger partial charge in [0, 0.05) is 16.2 Å². The van der Waals surface area contributed by atoms with E-state index in [-0.39, 0.29) is 16.2 Å². The molecule has 10 nitrogen and oxygen atoms in total. The van der Waals surface area contributed by atoms with Crippen LogP contribution in [0.2, 0.25) is 0 Å². The Morgan fingerprint density at radius 3 is 2.61 bits per heavy atom. The Kier molecular flexibility index (Phi) is 6.61. The van der Waals surface area contributed by atoms with Gasteiger partial charge in [0.05, 0.1) is 16.9 Å². The lowest BCUT2D eigenvalue weighted by atomic mass is 10.1. The summed E-state index contributed by atoms with van der Waals surface area (Å²) < 4.78 is 5.74. The number of imide groups is 1. The maximum absolute atomic E-state index is 12.6. The van der Waals surface area contributed by atoms with E-state index in [0.29, 0.717) is 17.4 Å². The zero-order valence-electron chi connectivity index (χ0n) is 15.8. The second kappa shape index (κ2) is 9.18. The van der Waals surface area contributed by atoms with Crippen molar-refractivity contribution in [1.29, 1.82) is 0 Å².